The van der Waals surface area contributed by atoms with E-state index in [1.807, 2.05) is 39.0 Å². The normalized spacial score (nSPS) is 13.6. The zero-order valence-corrected chi connectivity index (χ0v) is 17.4. The number of fused-ring (bicyclic) bond motifs is 1. The number of para-hydroxylation sites is 1. The van der Waals surface area contributed by atoms with Crippen molar-refractivity contribution < 1.29 is 13.2 Å². The highest BCUT2D eigenvalue weighted by atomic mass is 32.2. The third-order valence-corrected chi connectivity index (χ3v) is 7.19. The maximum Gasteiger partial charge on any atom is 0.243 e. The van der Waals surface area contributed by atoms with Crippen LogP contribution in [0.15, 0.2) is 47.4 Å². The minimum absolute atomic E-state index is 0.155. The van der Waals surface area contributed by atoms with Crippen molar-refractivity contribution in [1.82, 2.24) is 4.31 Å². The largest absolute Gasteiger partial charge is 0.362 e. The first-order valence-corrected chi connectivity index (χ1v) is 11.0. The number of nitrogens with one attached hydrogen (secondary N) is 1. The van der Waals surface area contributed by atoms with E-state index in [-0.39, 0.29) is 17.3 Å². The maximum atomic E-state index is 12.8. The summed E-state index contributed by atoms with van der Waals surface area (Å²) < 4.78 is 26.9. The number of anilines is 2. The van der Waals surface area contributed by atoms with Crippen molar-refractivity contribution in [3.63, 3.8) is 0 Å². The summed E-state index contributed by atoms with van der Waals surface area (Å²) in [6, 6.07) is 13.0. The van der Waals surface area contributed by atoms with Gasteiger partial charge in [-0.05, 0) is 42.7 Å². The molecule has 1 aliphatic rings. The van der Waals surface area contributed by atoms with Crippen molar-refractivity contribution in [2.75, 3.05) is 36.4 Å². The Bertz CT molecular complexity index is 969. The lowest BCUT2D eigenvalue weighted by atomic mass is 10.2. The number of rotatable bonds is 7. The van der Waals surface area contributed by atoms with Crippen molar-refractivity contribution in [2.45, 2.75) is 32.1 Å². The number of hydrogen-bond acceptors (Lipinski definition) is 4. The summed E-state index contributed by atoms with van der Waals surface area (Å²) in [6.07, 6.45) is 0.931. The van der Waals surface area contributed by atoms with Crippen LogP contribution in [0.3, 0.4) is 0 Å². The molecular formula is C21H27N3O3S. The van der Waals surface area contributed by atoms with Gasteiger partial charge in [-0.3, -0.25) is 4.79 Å². The van der Waals surface area contributed by atoms with E-state index in [1.54, 1.807) is 18.2 Å². The Balaban J connectivity index is 1.77. The molecule has 2 aromatic rings. The first-order chi connectivity index (χ1) is 13.4. The number of benzene rings is 2. The number of carbonyl (C=O) groups excluding carboxylic acids is 1. The lowest BCUT2D eigenvalue weighted by molar-refractivity contribution is -0.115. The molecule has 0 radical (unpaired) electrons. The molecule has 1 N–H and O–H groups in total. The van der Waals surface area contributed by atoms with E-state index >= 15 is 0 Å². The first kappa shape index (κ1) is 20.4. The van der Waals surface area contributed by atoms with Gasteiger partial charge in [0, 0.05) is 31.0 Å². The molecule has 0 saturated heterocycles. The maximum absolute atomic E-state index is 12.8. The third-order valence-electron chi connectivity index (χ3n) is 5.14. The Labute approximate surface area is 167 Å². The zero-order chi connectivity index (χ0) is 20.3. The van der Waals surface area contributed by atoms with Crippen molar-refractivity contribution >= 4 is 27.3 Å². The Morgan fingerprint density at radius 1 is 1.14 bits per heavy atom. The fourth-order valence-corrected chi connectivity index (χ4v) is 5.03. The molecule has 0 spiro atoms. The van der Waals surface area contributed by atoms with Crippen LogP contribution < -0.4 is 10.2 Å². The molecule has 3 rings (SSSR count). The molecule has 0 aliphatic carbocycles. The number of aryl methyl sites for hydroxylation is 1. The highest BCUT2D eigenvalue weighted by Gasteiger charge is 2.24. The second kappa shape index (κ2) is 8.32. The van der Waals surface area contributed by atoms with Gasteiger partial charge in [0.05, 0.1) is 11.4 Å². The van der Waals surface area contributed by atoms with E-state index in [0.29, 0.717) is 18.8 Å². The molecule has 7 heteroatoms. The Kier molecular flexibility index (Phi) is 6.05. The molecule has 150 valence electrons. The van der Waals surface area contributed by atoms with Crippen molar-refractivity contribution in [3.05, 3.63) is 53.6 Å². The molecular weight excluding hydrogens is 374 g/mol. The zero-order valence-electron chi connectivity index (χ0n) is 16.6. The third kappa shape index (κ3) is 4.05. The predicted molar refractivity (Wildman–Crippen MR) is 112 cm³/mol. The summed E-state index contributed by atoms with van der Waals surface area (Å²) in [5.74, 6) is -0.155. The first-order valence-electron chi connectivity index (χ1n) is 9.60. The van der Waals surface area contributed by atoms with E-state index in [9.17, 15) is 13.2 Å². The predicted octanol–water partition coefficient (Wildman–Crippen LogP) is 3.03. The number of sulfonamides is 1. The van der Waals surface area contributed by atoms with Gasteiger partial charge >= 0.3 is 0 Å². The van der Waals surface area contributed by atoms with Gasteiger partial charge in [0.15, 0.2) is 0 Å². The Morgan fingerprint density at radius 2 is 1.86 bits per heavy atom. The molecule has 28 heavy (non-hydrogen) atoms. The molecule has 6 nitrogen and oxygen atoms in total. The summed E-state index contributed by atoms with van der Waals surface area (Å²) in [5, 5.41) is 2.89. The van der Waals surface area contributed by atoms with Crippen LogP contribution in [0.2, 0.25) is 0 Å². The second-order valence-electron chi connectivity index (χ2n) is 6.91. The van der Waals surface area contributed by atoms with Crippen LogP contribution in [0.1, 0.15) is 25.0 Å². The lowest BCUT2D eigenvalue weighted by Crippen LogP contribution is -2.32. The van der Waals surface area contributed by atoms with Crippen molar-refractivity contribution in [3.8, 4) is 0 Å². The van der Waals surface area contributed by atoms with E-state index in [1.165, 1.54) is 9.87 Å². The molecule has 1 heterocycles. The smallest absolute Gasteiger partial charge is 0.243 e. The van der Waals surface area contributed by atoms with Crippen LogP contribution in [-0.2, 0) is 21.2 Å². The molecule has 0 aromatic heterocycles. The number of amides is 1. The lowest BCUT2D eigenvalue weighted by Gasteiger charge is -2.21. The van der Waals surface area contributed by atoms with Gasteiger partial charge in [-0.15, -0.1) is 0 Å². The average Bonchev–Trinajstić information content (AvgIpc) is 3.07. The Morgan fingerprint density at radius 3 is 2.57 bits per heavy atom. The van der Waals surface area contributed by atoms with Crippen LogP contribution >= 0.6 is 0 Å². The molecule has 0 fully saturated rings. The van der Waals surface area contributed by atoms with Crippen molar-refractivity contribution in [2.24, 2.45) is 0 Å². The van der Waals surface area contributed by atoms with E-state index < -0.39 is 10.0 Å². The number of hydrogen-bond donors (Lipinski definition) is 1. The number of carbonyl (C=O) groups is 1. The highest BCUT2D eigenvalue weighted by Crippen LogP contribution is 2.27. The quantitative estimate of drug-likeness (QED) is 0.774. The van der Waals surface area contributed by atoms with E-state index in [0.717, 1.165) is 24.2 Å². The molecule has 0 atom stereocenters. The van der Waals surface area contributed by atoms with Gasteiger partial charge in [-0.1, -0.05) is 38.1 Å². The van der Waals surface area contributed by atoms with Gasteiger partial charge in [0.1, 0.15) is 0 Å². The topological polar surface area (TPSA) is 69.7 Å². The summed E-state index contributed by atoms with van der Waals surface area (Å²) in [5.41, 5.74) is 3.70. The molecule has 0 bridgehead atoms. The van der Waals surface area contributed by atoms with E-state index in [2.05, 4.69) is 16.3 Å². The summed E-state index contributed by atoms with van der Waals surface area (Å²) >= 11 is 0. The Hall–Kier alpha value is -2.38. The second-order valence-corrected chi connectivity index (χ2v) is 8.85. The minimum atomic E-state index is -3.57. The standard InChI is InChI=1S/C21H27N3O3S/c1-4-24(5-2)28(26,27)18-11-10-16(3)19(14-18)22-21(25)15-23-13-12-17-8-6-7-9-20(17)23/h6-11,14H,4-5,12-13,15H2,1-3H3,(H,22,25). The van der Waals surface area contributed by atoms with Crippen LogP contribution in [0.4, 0.5) is 11.4 Å². The van der Waals surface area contributed by atoms with Crippen LogP contribution in [-0.4, -0.2) is 44.8 Å². The SMILES string of the molecule is CCN(CC)S(=O)(=O)c1ccc(C)c(NC(=O)CN2CCc3ccccc32)c1. The molecule has 1 amide bonds. The van der Waals surface area contributed by atoms with E-state index in [4.69, 9.17) is 0 Å². The van der Waals surface area contributed by atoms with Gasteiger partial charge in [-0.25, -0.2) is 8.42 Å². The fourth-order valence-electron chi connectivity index (χ4n) is 3.54. The monoisotopic (exact) mass is 401 g/mol. The summed E-state index contributed by atoms with van der Waals surface area (Å²) in [6.45, 7) is 7.34. The molecule has 0 unspecified atom stereocenters. The molecule has 0 saturated carbocycles. The van der Waals surface area contributed by atoms with Gasteiger partial charge < -0.3 is 10.2 Å². The molecule has 2 aromatic carbocycles. The minimum Gasteiger partial charge on any atom is -0.362 e. The van der Waals surface area contributed by atoms with Gasteiger partial charge in [-0.2, -0.15) is 4.31 Å². The fraction of sp³-hybridized carbons (Fsp3) is 0.381. The van der Waals surface area contributed by atoms with Gasteiger partial charge in [0.25, 0.3) is 0 Å². The highest BCUT2D eigenvalue weighted by molar-refractivity contribution is 7.89. The number of nitrogens with zero attached hydrogens (tertiary/aromatic N) is 2. The van der Waals surface area contributed by atoms with Crippen LogP contribution in [0.25, 0.3) is 0 Å². The van der Waals surface area contributed by atoms with Gasteiger partial charge in [0.2, 0.25) is 15.9 Å². The van der Waals surface area contributed by atoms with Crippen LogP contribution in [0.5, 0.6) is 0 Å². The van der Waals surface area contributed by atoms with Crippen LogP contribution in [0, 0.1) is 6.92 Å². The molecule has 1 aliphatic heterocycles. The van der Waals surface area contributed by atoms with Crippen molar-refractivity contribution in [1.29, 1.82) is 0 Å². The summed E-state index contributed by atoms with van der Waals surface area (Å²) in [4.78, 5) is 14.9. The average molecular weight is 402 g/mol. The summed E-state index contributed by atoms with van der Waals surface area (Å²) in [7, 11) is -3.57.